The van der Waals surface area contributed by atoms with Gasteiger partial charge in [-0.05, 0) is 111 Å². The number of fused-ring (bicyclic) bond motifs is 1. The van der Waals surface area contributed by atoms with Crippen molar-refractivity contribution in [3.63, 3.8) is 0 Å². The molecule has 1 spiro atoms. The summed E-state index contributed by atoms with van der Waals surface area (Å²) < 4.78 is 42.0. The van der Waals surface area contributed by atoms with Crippen molar-refractivity contribution in [3.05, 3.63) is 106 Å². The van der Waals surface area contributed by atoms with Crippen molar-refractivity contribution in [1.82, 2.24) is 24.6 Å². The van der Waals surface area contributed by atoms with Gasteiger partial charge in [-0.25, -0.2) is 23.1 Å². The molecular formula is C52H66N8O8S. The number of likely N-dealkylation sites (tertiary alicyclic amines) is 1. The predicted octanol–water partition coefficient (Wildman–Crippen LogP) is 9.07. The predicted molar refractivity (Wildman–Crippen MR) is 266 cm³/mol. The van der Waals surface area contributed by atoms with E-state index >= 15 is 0 Å². The number of rotatable bonds is 19. The summed E-state index contributed by atoms with van der Waals surface area (Å²) in [6.45, 7) is 13.6. The zero-order valence-corrected chi connectivity index (χ0v) is 41.0. The standard InChI is InChI=1S/C52H66N8O8S/c1-5-51(4,62)18-8-9-21-53-49-45(60(63)64)28-38(29-55-49)69(65,66)57-50(61)42-16-15-37(27-46(42)68-47-26-36-17-22-54-48(36)56-43(47)25-35-30-67-31-35)58-23-19-52(20-24-58)32-59(33-52)44-14-10-13-41(44)40-12-7-6-11-39(40)34(2)3/h6-7,11-12,15-17,22,26-29,34-35,41,44,62H,5,8-10,13-14,18-21,23-25,30-33H2,1-4H3,(H,53,55)(H,54,56)(H,57,61)/t41-,44-,51-/m1/s1. The molecule has 3 aliphatic heterocycles. The molecule has 3 atom stereocenters. The lowest BCUT2D eigenvalue weighted by atomic mass is 9.70. The number of aromatic nitrogens is 3. The number of pyridine rings is 2. The van der Waals surface area contributed by atoms with Gasteiger partial charge in [0.1, 0.15) is 22.0 Å². The lowest BCUT2D eigenvalue weighted by Gasteiger charge is -2.57. The number of aromatic amines is 1. The number of nitro groups is 1. The number of nitrogens with zero attached hydrogens (tertiary/aromatic N) is 5. The summed E-state index contributed by atoms with van der Waals surface area (Å²) in [5.41, 5.74) is 4.09. The fraction of sp³-hybridized carbons (Fsp3) is 0.519. The van der Waals surface area contributed by atoms with Crippen LogP contribution in [0.2, 0.25) is 0 Å². The Labute approximate surface area is 404 Å². The second-order valence-electron chi connectivity index (χ2n) is 20.5. The monoisotopic (exact) mass is 962 g/mol. The Bertz CT molecular complexity index is 2780. The minimum Gasteiger partial charge on any atom is -0.455 e. The van der Waals surface area contributed by atoms with Crippen LogP contribution in [0.4, 0.5) is 17.2 Å². The lowest BCUT2D eigenvalue weighted by molar-refractivity contribution is -0.384. The largest absolute Gasteiger partial charge is 0.455 e. The van der Waals surface area contributed by atoms with E-state index in [9.17, 15) is 28.4 Å². The number of piperidine rings is 1. The molecule has 0 unspecified atom stereocenters. The number of amides is 1. The molecule has 368 valence electrons. The maximum atomic E-state index is 14.2. The molecular weight excluding hydrogens is 897 g/mol. The molecule has 9 rings (SSSR count). The van der Waals surface area contributed by atoms with E-state index in [2.05, 4.69) is 67.9 Å². The molecule has 0 radical (unpaired) electrons. The van der Waals surface area contributed by atoms with Gasteiger partial charge >= 0.3 is 5.69 Å². The third-order valence-corrected chi connectivity index (χ3v) is 16.5. The van der Waals surface area contributed by atoms with Gasteiger partial charge in [0.25, 0.3) is 15.9 Å². The van der Waals surface area contributed by atoms with Crippen LogP contribution in [0.15, 0.2) is 78.0 Å². The van der Waals surface area contributed by atoms with E-state index < -0.39 is 37.0 Å². The SMILES string of the molecule is CC[C@@](C)(O)CCCCNc1ncc(S(=O)(=O)NC(=O)c2ccc(N3CCC4(CC3)CN([C@@H]3CCC[C@@H]3c3ccccc3C(C)C)C4)cc2Oc2cc3cc[nH]c3nc2CC2COC2)cc1[N+](=O)[O-]. The van der Waals surface area contributed by atoms with Crippen molar-refractivity contribution >= 4 is 44.2 Å². The van der Waals surface area contributed by atoms with E-state index in [0.717, 1.165) is 62.4 Å². The Kier molecular flexibility index (Phi) is 14.0. The Balaban J connectivity index is 0.929. The molecule has 69 heavy (non-hydrogen) atoms. The lowest BCUT2D eigenvalue weighted by Crippen LogP contribution is -2.63. The fourth-order valence-corrected chi connectivity index (χ4v) is 11.8. The Morgan fingerprint density at radius 2 is 1.86 bits per heavy atom. The maximum absolute atomic E-state index is 14.2. The van der Waals surface area contributed by atoms with E-state index in [1.54, 1.807) is 25.3 Å². The van der Waals surface area contributed by atoms with Gasteiger partial charge in [-0.1, -0.05) is 51.5 Å². The van der Waals surface area contributed by atoms with Crippen molar-refractivity contribution in [2.45, 2.75) is 120 Å². The van der Waals surface area contributed by atoms with Crippen molar-refractivity contribution in [2.24, 2.45) is 11.3 Å². The van der Waals surface area contributed by atoms with Gasteiger partial charge in [0.05, 0.1) is 41.2 Å². The summed E-state index contributed by atoms with van der Waals surface area (Å²) in [5.74, 6) is 0.824. The number of carbonyl (C=O) groups excluding carboxylic acids is 1. The number of anilines is 2. The first-order valence-electron chi connectivity index (χ1n) is 24.7. The quantitative estimate of drug-likeness (QED) is 0.0347. The highest BCUT2D eigenvalue weighted by molar-refractivity contribution is 7.90. The van der Waals surface area contributed by atoms with Crippen molar-refractivity contribution in [1.29, 1.82) is 0 Å². The second-order valence-corrected chi connectivity index (χ2v) is 22.2. The number of hydrogen-bond donors (Lipinski definition) is 4. The Hall–Kier alpha value is -5.62. The number of hydrogen-bond acceptors (Lipinski definition) is 13. The molecule has 1 saturated carbocycles. The molecule has 6 heterocycles. The van der Waals surface area contributed by atoms with Gasteiger partial charge in [0, 0.05) is 80.5 Å². The third-order valence-electron chi connectivity index (χ3n) is 15.2. The van der Waals surface area contributed by atoms with E-state index in [1.165, 1.54) is 30.4 Å². The molecule has 2 aromatic carbocycles. The Morgan fingerprint density at radius 1 is 1.07 bits per heavy atom. The first kappa shape index (κ1) is 48.4. The van der Waals surface area contributed by atoms with Gasteiger partial charge in [0.2, 0.25) is 5.82 Å². The smallest absolute Gasteiger partial charge is 0.312 e. The number of aliphatic hydroxyl groups is 1. The average Bonchev–Trinajstić information content (AvgIpc) is 3.99. The number of carbonyl (C=O) groups is 1. The number of H-pyrrole nitrogens is 1. The Morgan fingerprint density at radius 3 is 2.58 bits per heavy atom. The van der Waals surface area contributed by atoms with Gasteiger partial charge in [-0.15, -0.1) is 0 Å². The molecule has 4 aliphatic rings. The minimum absolute atomic E-state index is 0.0366. The van der Waals surface area contributed by atoms with Crippen LogP contribution in [0.25, 0.3) is 11.0 Å². The van der Waals surface area contributed by atoms with E-state index in [1.807, 2.05) is 25.1 Å². The van der Waals surface area contributed by atoms with Crippen LogP contribution < -0.4 is 19.7 Å². The van der Waals surface area contributed by atoms with Crippen molar-refractivity contribution < 1.29 is 32.7 Å². The molecule has 4 N–H and O–H groups in total. The summed E-state index contributed by atoms with van der Waals surface area (Å²) in [6, 6.07) is 19.4. The molecule has 17 heteroatoms. The third kappa shape index (κ3) is 10.6. The molecule has 0 bridgehead atoms. The summed E-state index contributed by atoms with van der Waals surface area (Å²) in [5, 5.41) is 26.2. The van der Waals surface area contributed by atoms with Crippen LogP contribution >= 0.6 is 0 Å². The van der Waals surface area contributed by atoms with Gasteiger partial charge in [0.15, 0.2) is 0 Å². The first-order chi connectivity index (χ1) is 33.1. The van der Waals surface area contributed by atoms with Crippen LogP contribution in [0, 0.1) is 21.4 Å². The number of ether oxygens (including phenoxy) is 2. The van der Waals surface area contributed by atoms with Crippen LogP contribution in [0.3, 0.4) is 0 Å². The van der Waals surface area contributed by atoms with E-state index in [0.29, 0.717) is 86.8 Å². The molecule has 3 saturated heterocycles. The van der Waals surface area contributed by atoms with Crippen molar-refractivity contribution in [2.75, 3.05) is 56.2 Å². The molecule has 1 aliphatic carbocycles. The summed E-state index contributed by atoms with van der Waals surface area (Å²) in [4.78, 5) is 42.3. The molecule has 3 aromatic heterocycles. The maximum Gasteiger partial charge on any atom is 0.312 e. The van der Waals surface area contributed by atoms with Crippen LogP contribution in [0.1, 0.15) is 124 Å². The first-order valence-corrected chi connectivity index (χ1v) is 26.2. The fourth-order valence-electron chi connectivity index (χ4n) is 10.8. The molecule has 1 amide bonds. The van der Waals surface area contributed by atoms with Crippen LogP contribution in [-0.2, 0) is 21.2 Å². The highest BCUT2D eigenvalue weighted by Gasteiger charge is 2.49. The van der Waals surface area contributed by atoms with Gasteiger partial charge in [-0.2, -0.15) is 0 Å². The molecule has 4 fully saturated rings. The van der Waals surface area contributed by atoms with Gasteiger partial charge < -0.3 is 29.8 Å². The van der Waals surface area contributed by atoms with Crippen LogP contribution in [0.5, 0.6) is 11.5 Å². The highest BCUT2D eigenvalue weighted by Crippen LogP contribution is 2.49. The number of benzene rings is 2. The van der Waals surface area contributed by atoms with E-state index in [4.69, 9.17) is 14.5 Å². The second kappa shape index (κ2) is 20.0. The number of unbranched alkanes of at least 4 members (excludes halogenated alkanes) is 1. The zero-order chi connectivity index (χ0) is 48.5. The van der Waals surface area contributed by atoms with Crippen LogP contribution in [-0.4, -0.2) is 102 Å². The van der Waals surface area contributed by atoms with Crippen molar-refractivity contribution in [3.8, 4) is 11.5 Å². The zero-order valence-electron chi connectivity index (χ0n) is 40.2. The average molecular weight is 963 g/mol. The number of nitrogens with one attached hydrogen (secondary N) is 3. The topological polar surface area (TPSA) is 205 Å². The number of sulfonamides is 1. The summed E-state index contributed by atoms with van der Waals surface area (Å²) >= 11 is 0. The normalized spacial score (nSPS) is 20.4. The molecule has 16 nitrogen and oxygen atoms in total. The van der Waals surface area contributed by atoms with E-state index in [-0.39, 0.29) is 28.5 Å². The summed E-state index contributed by atoms with van der Waals surface area (Å²) in [7, 11) is -4.66. The highest BCUT2D eigenvalue weighted by atomic mass is 32.2. The minimum atomic E-state index is -4.66. The summed E-state index contributed by atoms with van der Waals surface area (Å²) in [6.07, 6.45) is 11.6. The molecule has 5 aromatic rings. The van der Waals surface area contributed by atoms with Gasteiger partial charge in [-0.3, -0.25) is 19.8 Å².